The monoisotopic (exact) mass is 277 g/mol. The molecule has 1 saturated carbocycles. The first kappa shape index (κ1) is 15.2. The molecule has 3 nitrogen and oxygen atoms in total. The van der Waals surface area contributed by atoms with Crippen molar-refractivity contribution in [2.45, 2.75) is 52.2 Å². The van der Waals surface area contributed by atoms with Gasteiger partial charge in [0.05, 0.1) is 13.2 Å². The van der Waals surface area contributed by atoms with E-state index in [-0.39, 0.29) is 6.04 Å². The Hall–Kier alpha value is -1.22. The van der Waals surface area contributed by atoms with Gasteiger partial charge >= 0.3 is 0 Å². The lowest BCUT2D eigenvalue weighted by Gasteiger charge is -2.32. The molecule has 1 fully saturated rings. The van der Waals surface area contributed by atoms with Crippen LogP contribution in [0.25, 0.3) is 0 Å². The molecule has 0 aromatic heterocycles. The molecule has 4 unspecified atom stereocenters. The van der Waals surface area contributed by atoms with Crippen LogP contribution in [0.3, 0.4) is 0 Å². The SMILES string of the molecule is COc1cc(C(C)N)ccc1OC1CCC(C)C(C)C1. The fraction of sp³-hybridized carbons (Fsp3) is 0.647. The van der Waals surface area contributed by atoms with Gasteiger partial charge in [0, 0.05) is 6.04 Å². The molecule has 0 spiro atoms. The molecule has 1 aliphatic rings. The predicted molar refractivity (Wildman–Crippen MR) is 82.2 cm³/mol. The van der Waals surface area contributed by atoms with E-state index in [4.69, 9.17) is 15.2 Å². The van der Waals surface area contributed by atoms with Crippen molar-refractivity contribution in [1.29, 1.82) is 0 Å². The van der Waals surface area contributed by atoms with Gasteiger partial charge in [0.15, 0.2) is 11.5 Å². The molecule has 2 rings (SSSR count). The minimum atomic E-state index is 0.00787. The minimum Gasteiger partial charge on any atom is -0.493 e. The third kappa shape index (κ3) is 3.45. The van der Waals surface area contributed by atoms with Crippen LogP contribution in [0, 0.1) is 11.8 Å². The largest absolute Gasteiger partial charge is 0.493 e. The minimum absolute atomic E-state index is 0.00787. The summed E-state index contributed by atoms with van der Waals surface area (Å²) in [6.45, 7) is 6.62. The van der Waals surface area contributed by atoms with Crippen molar-refractivity contribution in [3.8, 4) is 11.5 Å². The number of hydrogen-bond acceptors (Lipinski definition) is 3. The summed E-state index contributed by atoms with van der Waals surface area (Å²) in [5.74, 6) is 3.15. The van der Waals surface area contributed by atoms with E-state index in [0.717, 1.165) is 41.7 Å². The summed E-state index contributed by atoms with van der Waals surface area (Å²) in [5.41, 5.74) is 6.98. The highest BCUT2D eigenvalue weighted by atomic mass is 16.5. The van der Waals surface area contributed by atoms with Crippen LogP contribution in [0.4, 0.5) is 0 Å². The fourth-order valence-electron chi connectivity index (χ4n) is 2.85. The van der Waals surface area contributed by atoms with E-state index in [9.17, 15) is 0 Å². The van der Waals surface area contributed by atoms with Gasteiger partial charge in [-0.1, -0.05) is 19.9 Å². The van der Waals surface area contributed by atoms with E-state index in [1.54, 1.807) is 7.11 Å². The van der Waals surface area contributed by atoms with Crippen molar-refractivity contribution in [1.82, 2.24) is 0 Å². The summed E-state index contributed by atoms with van der Waals surface area (Å²) in [7, 11) is 1.68. The summed E-state index contributed by atoms with van der Waals surface area (Å²) in [5, 5.41) is 0. The molecular formula is C17H27NO2. The zero-order chi connectivity index (χ0) is 14.7. The first-order valence-corrected chi connectivity index (χ1v) is 7.61. The van der Waals surface area contributed by atoms with Crippen molar-refractivity contribution in [3.63, 3.8) is 0 Å². The van der Waals surface area contributed by atoms with Crippen LogP contribution in [0.2, 0.25) is 0 Å². The molecule has 2 N–H and O–H groups in total. The first-order valence-electron chi connectivity index (χ1n) is 7.61. The molecule has 112 valence electrons. The van der Waals surface area contributed by atoms with Gasteiger partial charge in [-0.25, -0.2) is 0 Å². The standard InChI is InChI=1S/C17H27NO2/c1-11-5-7-15(9-12(11)2)20-16-8-6-14(13(3)18)10-17(16)19-4/h6,8,10-13,15H,5,7,9,18H2,1-4H3. The molecule has 1 aliphatic carbocycles. The summed E-state index contributed by atoms with van der Waals surface area (Å²) in [4.78, 5) is 0. The van der Waals surface area contributed by atoms with Crippen molar-refractivity contribution in [3.05, 3.63) is 23.8 Å². The predicted octanol–water partition coefficient (Wildman–Crippen LogP) is 3.92. The highest BCUT2D eigenvalue weighted by molar-refractivity contribution is 5.43. The molecule has 20 heavy (non-hydrogen) atoms. The number of methoxy groups -OCH3 is 1. The zero-order valence-corrected chi connectivity index (χ0v) is 13.1. The lowest BCUT2D eigenvalue weighted by molar-refractivity contribution is 0.0977. The van der Waals surface area contributed by atoms with Crippen molar-refractivity contribution >= 4 is 0 Å². The summed E-state index contributed by atoms with van der Waals surface area (Å²) in [6.07, 6.45) is 3.80. The van der Waals surface area contributed by atoms with Crippen LogP contribution in [-0.2, 0) is 0 Å². The Labute approximate surface area is 122 Å². The second-order valence-electron chi connectivity index (χ2n) is 6.21. The van der Waals surface area contributed by atoms with Crippen LogP contribution in [0.15, 0.2) is 18.2 Å². The Kier molecular flexibility index (Phi) is 4.92. The molecule has 0 saturated heterocycles. The highest BCUT2D eigenvalue weighted by Crippen LogP contribution is 2.35. The van der Waals surface area contributed by atoms with E-state index in [1.165, 1.54) is 6.42 Å². The van der Waals surface area contributed by atoms with Crippen molar-refractivity contribution in [2.24, 2.45) is 17.6 Å². The van der Waals surface area contributed by atoms with Gasteiger partial charge in [-0.05, 0) is 55.7 Å². The van der Waals surface area contributed by atoms with Gasteiger partial charge < -0.3 is 15.2 Å². The average Bonchev–Trinajstić information content (AvgIpc) is 2.43. The van der Waals surface area contributed by atoms with E-state index in [0.29, 0.717) is 6.10 Å². The first-order chi connectivity index (χ1) is 9.51. The smallest absolute Gasteiger partial charge is 0.161 e. The maximum Gasteiger partial charge on any atom is 0.161 e. The Morgan fingerprint density at radius 3 is 2.50 bits per heavy atom. The number of ether oxygens (including phenoxy) is 2. The van der Waals surface area contributed by atoms with Gasteiger partial charge in [0.25, 0.3) is 0 Å². The molecule has 3 heteroatoms. The summed E-state index contributed by atoms with van der Waals surface area (Å²) in [6, 6.07) is 6.00. The Balaban J connectivity index is 2.09. The lowest BCUT2D eigenvalue weighted by Crippen LogP contribution is -2.28. The summed E-state index contributed by atoms with van der Waals surface area (Å²) >= 11 is 0. The maximum absolute atomic E-state index is 6.16. The average molecular weight is 277 g/mol. The number of nitrogens with two attached hydrogens (primary N) is 1. The molecular weight excluding hydrogens is 250 g/mol. The fourth-order valence-corrected chi connectivity index (χ4v) is 2.85. The van der Waals surface area contributed by atoms with Gasteiger partial charge in [0.2, 0.25) is 0 Å². The van der Waals surface area contributed by atoms with Gasteiger partial charge in [-0.3, -0.25) is 0 Å². The molecule has 0 aliphatic heterocycles. The van der Waals surface area contributed by atoms with E-state index >= 15 is 0 Å². The third-order valence-corrected chi connectivity index (χ3v) is 4.56. The van der Waals surface area contributed by atoms with Gasteiger partial charge in [-0.15, -0.1) is 0 Å². The van der Waals surface area contributed by atoms with E-state index in [1.807, 2.05) is 25.1 Å². The van der Waals surface area contributed by atoms with Crippen LogP contribution >= 0.6 is 0 Å². The lowest BCUT2D eigenvalue weighted by atomic mass is 9.80. The summed E-state index contributed by atoms with van der Waals surface area (Å²) < 4.78 is 11.6. The van der Waals surface area contributed by atoms with E-state index < -0.39 is 0 Å². The number of rotatable bonds is 4. The second kappa shape index (κ2) is 6.49. The molecule has 4 atom stereocenters. The topological polar surface area (TPSA) is 44.5 Å². The Morgan fingerprint density at radius 2 is 1.90 bits per heavy atom. The third-order valence-electron chi connectivity index (χ3n) is 4.56. The maximum atomic E-state index is 6.16. The zero-order valence-electron chi connectivity index (χ0n) is 13.1. The van der Waals surface area contributed by atoms with Crippen molar-refractivity contribution < 1.29 is 9.47 Å². The molecule has 1 aromatic carbocycles. The van der Waals surface area contributed by atoms with Gasteiger partial charge in [0.1, 0.15) is 0 Å². The molecule has 1 aromatic rings. The Morgan fingerprint density at radius 1 is 1.15 bits per heavy atom. The molecule has 0 bridgehead atoms. The van der Waals surface area contributed by atoms with E-state index in [2.05, 4.69) is 13.8 Å². The van der Waals surface area contributed by atoms with Crippen molar-refractivity contribution in [2.75, 3.05) is 7.11 Å². The van der Waals surface area contributed by atoms with Crippen LogP contribution < -0.4 is 15.2 Å². The number of benzene rings is 1. The molecule has 0 heterocycles. The number of hydrogen-bond donors (Lipinski definition) is 1. The van der Waals surface area contributed by atoms with Crippen LogP contribution in [0.1, 0.15) is 51.6 Å². The van der Waals surface area contributed by atoms with Crippen LogP contribution in [-0.4, -0.2) is 13.2 Å². The normalized spacial score (nSPS) is 27.9. The van der Waals surface area contributed by atoms with Crippen LogP contribution in [0.5, 0.6) is 11.5 Å². The second-order valence-corrected chi connectivity index (χ2v) is 6.21. The van der Waals surface area contributed by atoms with Gasteiger partial charge in [-0.2, -0.15) is 0 Å². The highest BCUT2D eigenvalue weighted by Gasteiger charge is 2.26. The quantitative estimate of drug-likeness (QED) is 0.907. The Bertz CT molecular complexity index is 445. The molecule has 0 radical (unpaired) electrons. The molecule has 0 amide bonds.